The lowest BCUT2D eigenvalue weighted by Gasteiger charge is -2.30. The highest BCUT2D eigenvalue weighted by molar-refractivity contribution is 5.81. The molecule has 0 aromatic carbocycles. The first-order chi connectivity index (χ1) is 9.18. The van der Waals surface area contributed by atoms with Crippen LogP contribution in [0, 0.1) is 11.8 Å². The lowest BCUT2D eigenvalue weighted by molar-refractivity contribution is -0.124. The summed E-state index contributed by atoms with van der Waals surface area (Å²) in [4.78, 5) is 12.0. The van der Waals surface area contributed by atoms with E-state index < -0.39 is 6.04 Å². The third-order valence-corrected chi connectivity index (χ3v) is 4.48. The van der Waals surface area contributed by atoms with Crippen LogP contribution in [0.4, 0.5) is 0 Å². The molecule has 2 aliphatic rings. The number of amides is 1. The number of aliphatic hydroxyl groups excluding tert-OH is 1. The van der Waals surface area contributed by atoms with E-state index in [1.165, 1.54) is 0 Å². The molecule has 0 radical (unpaired) electrons. The fourth-order valence-electron chi connectivity index (χ4n) is 3.06. The molecule has 2 fully saturated rings. The number of carbonyl (C=O) groups is 1. The second-order valence-corrected chi connectivity index (χ2v) is 5.83. The summed E-state index contributed by atoms with van der Waals surface area (Å²) in [7, 11) is 0. The monoisotopic (exact) mass is 270 g/mol. The van der Waals surface area contributed by atoms with Gasteiger partial charge in [0.15, 0.2) is 0 Å². The van der Waals surface area contributed by atoms with Crippen LogP contribution < -0.4 is 11.1 Å². The summed E-state index contributed by atoms with van der Waals surface area (Å²) in [6.45, 7) is 1.96. The summed E-state index contributed by atoms with van der Waals surface area (Å²) in [5.74, 6) is 0.342. The highest BCUT2D eigenvalue weighted by atomic mass is 16.5. The van der Waals surface area contributed by atoms with Gasteiger partial charge >= 0.3 is 0 Å². The van der Waals surface area contributed by atoms with Gasteiger partial charge in [0.2, 0.25) is 5.91 Å². The predicted molar refractivity (Wildman–Crippen MR) is 72.5 cm³/mol. The van der Waals surface area contributed by atoms with E-state index in [0.29, 0.717) is 19.8 Å². The molecule has 1 aliphatic heterocycles. The molecule has 110 valence electrons. The molecule has 3 unspecified atom stereocenters. The van der Waals surface area contributed by atoms with Crippen LogP contribution in [-0.4, -0.2) is 42.9 Å². The SMILES string of the molecule is NC(C(=O)NCC1CCCCC1O)C1CCOCC1. The van der Waals surface area contributed by atoms with E-state index in [1.807, 2.05) is 0 Å². The van der Waals surface area contributed by atoms with Crippen LogP contribution in [-0.2, 0) is 9.53 Å². The van der Waals surface area contributed by atoms with Crippen molar-refractivity contribution < 1.29 is 14.6 Å². The molecule has 2 rings (SSSR count). The number of aliphatic hydroxyl groups is 1. The molecule has 0 spiro atoms. The maximum absolute atomic E-state index is 12.0. The van der Waals surface area contributed by atoms with Crippen molar-refractivity contribution >= 4 is 5.91 Å². The molecule has 1 amide bonds. The highest BCUT2D eigenvalue weighted by Gasteiger charge is 2.28. The Kier molecular flexibility index (Phi) is 5.60. The van der Waals surface area contributed by atoms with E-state index in [0.717, 1.165) is 38.5 Å². The van der Waals surface area contributed by atoms with Crippen LogP contribution in [0.3, 0.4) is 0 Å². The van der Waals surface area contributed by atoms with Gasteiger partial charge in [0.05, 0.1) is 12.1 Å². The molecule has 19 heavy (non-hydrogen) atoms. The average molecular weight is 270 g/mol. The first-order valence-corrected chi connectivity index (χ1v) is 7.47. The summed E-state index contributed by atoms with van der Waals surface area (Å²) in [5.41, 5.74) is 6.01. The maximum Gasteiger partial charge on any atom is 0.237 e. The molecule has 3 atom stereocenters. The van der Waals surface area contributed by atoms with Crippen LogP contribution in [0.25, 0.3) is 0 Å². The quantitative estimate of drug-likeness (QED) is 0.690. The van der Waals surface area contributed by atoms with Gasteiger partial charge in [-0.05, 0) is 31.6 Å². The number of carbonyl (C=O) groups excluding carboxylic acids is 1. The van der Waals surface area contributed by atoms with E-state index in [2.05, 4.69) is 5.32 Å². The normalized spacial score (nSPS) is 30.8. The Balaban J connectivity index is 1.73. The second kappa shape index (κ2) is 7.22. The summed E-state index contributed by atoms with van der Waals surface area (Å²) in [6.07, 6.45) is 5.53. The van der Waals surface area contributed by atoms with Crippen molar-refractivity contribution in [2.45, 2.75) is 50.7 Å². The van der Waals surface area contributed by atoms with Crippen LogP contribution in [0.2, 0.25) is 0 Å². The van der Waals surface area contributed by atoms with E-state index in [1.54, 1.807) is 0 Å². The number of nitrogens with one attached hydrogen (secondary N) is 1. The Morgan fingerprint density at radius 2 is 1.95 bits per heavy atom. The van der Waals surface area contributed by atoms with Crippen LogP contribution >= 0.6 is 0 Å². The van der Waals surface area contributed by atoms with Crippen LogP contribution in [0.15, 0.2) is 0 Å². The fraction of sp³-hybridized carbons (Fsp3) is 0.929. The standard InChI is InChI=1S/C14H26N2O3/c15-13(10-5-7-19-8-6-10)14(18)16-9-11-3-1-2-4-12(11)17/h10-13,17H,1-9,15H2,(H,16,18). The largest absolute Gasteiger partial charge is 0.393 e. The van der Waals surface area contributed by atoms with Crippen molar-refractivity contribution in [3.8, 4) is 0 Å². The minimum atomic E-state index is -0.440. The Hall–Kier alpha value is -0.650. The maximum atomic E-state index is 12.0. The first kappa shape index (κ1) is 14.8. The Bertz CT molecular complexity index is 292. The molecule has 1 saturated carbocycles. The molecule has 1 saturated heterocycles. The number of hydrogen-bond donors (Lipinski definition) is 3. The van der Waals surface area contributed by atoms with E-state index in [-0.39, 0.29) is 23.8 Å². The zero-order valence-corrected chi connectivity index (χ0v) is 11.5. The molecule has 0 bridgehead atoms. The van der Waals surface area contributed by atoms with Gasteiger partial charge in [0.25, 0.3) is 0 Å². The summed E-state index contributed by atoms with van der Waals surface area (Å²) < 4.78 is 5.28. The first-order valence-electron chi connectivity index (χ1n) is 7.47. The minimum Gasteiger partial charge on any atom is -0.393 e. The van der Waals surface area contributed by atoms with Crippen LogP contribution in [0.1, 0.15) is 38.5 Å². The number of ether oxygens (including phenoxy) is 1. The molecule has 4 N–H and O–H groups in total. The molecule has 1 aliphatic carbocycles. The highest BCUT2D eigenvalue weighted by Crippen LogP contribution is 2.24. The van der Waals surface area contributed by atoms with Gasteiger partial charge in [-0.3, -0.25) is 4.79 Å². The van der Waals surface area contributed by atoms with Crippen LogP contribution in [0.5, 0.6) is 0 Å². The Morgan fingerprint density at radius 3 is 2.63 bits per heavy atom. The molecular formula is C14H26N2O3. The molecule has 0 aromatic heterocycles. The van der Waals surface area contributed by atoms with Crippen molar-refractivity contribution in [1.29, 1.82) is 0 Å². The number of nitrogens with two attached hydrogens (primary N) is 1. The third kappa shape index (κ3) is 4.16. The average Bonchev–Trinajstić information content (AvgIpc) is 2.46. The van der Waals surface area contributed by atoms with Gasteiger partial charge in [0.1, 0.15) is 0 Å². The van der Waals surface area contributed by atoms with Gasteiger partial charge in [-0.15, -0.1) is 0 Å². The lowest BCUT2D eigenvalue weighted by Crippen LogP contribution is -2.49. The van der Waals surface area contributed by atoms with Gasteiger partial charge in [-0.2, -0.15) is 0 Å². The smallest absolute Gasteiger partial charge is 0.237 e. The van der Waals surface area contributed by atoms with Gasteiger partial charge < -0.3 is 20.9 Å². The zero-order valence-electron chi connectivity index (χ0n) is 11.5. The van der Waals surface area contributed by atoms with Gasteiger partial charge in [0, 0.05) is 25.7 Å². The zero-order chi connectivity index (χ0) is 13.7. The van der Waals surface area contributed by atoms with Gasteiger partial charge in [-0.25, -0.2) is 0 Å². The van der Waals surface area contributed by atoms with E-state index in [4.69, 9.17) is 10.5 Å². The van der Waals surface area contributed by atoms with Crippen molar-refractivity contribution in [2.75, 3.05) is 19.8 Å². The van der Waals surface area contributed by atoms with Gasteiger partial charge in [-0.1, -0.05) is 12.8 Å². The molecule has 5 nitrogen and oxygen atoms in total. The summed E-state index contributed by atoms with van der Waals surface area (Å²) >= 11 is 0. The molecule has 0 aromatic rings. The summed E-state index contributed by atoms with van der Waals surface area (Å²) in [6, 6.07) is -0.440. The second-order valence-electron chi connectivity index (χ2n) is 5.83. The van der Waals surface area contributed by atoms with Crippen molar-refractivity contribution in [1.82, 2.24) is 5.32 Å². The predicted octanol–water partition coefficient (Wildman–Crippen LogP) is 0.408. The van der Waals surface area contributed by atoms with Crippen molar-refractivity contribution in [3.63, 3.8) is 0 Å². The fourth-order valence-corrected chi connectivity index (χ4v) is 3.06. The molecular weight excluding hydrogens is 244 g/mol. The number of rotatable bonds is 4. The summed E-state index contributed by atoms with van der Waals surface area (Å²) in [5, 5.41) is 12.8. The van der Waals surface area contributed by atoms with E-state index >= 15 is 0 Å². The van der Waals surface area contributed by atoms with Crippen molar-refractivity contribution in [2.24, 2.45) is 17.6 Å². The topological polar surface area (TPSA) is 84.6 Å². The Labute approximate surface area is 114 Å². The number of hydrogen-bond acceptors (Lipinski definition) is 4. The Morgan fingerprint density at radius 1 is 1.26 bits per heavy atom. The molecule has 5 heteroatoms. The third-order valence-electron chi connectivity index (χ3n) is 4.48. The minimum absolute atomic E-state index is 0.0790. The van der Waals surface area contributed by atoms with Crippen molar-refractivity contribution in [3.05, 3.63) is 0 Å². The lowest BCUT2D eigenvalue weighted by atomic mass is 9.86. The molecule has 1 heterocycles. The van der Waals surface area contributed by atoms with E-state index in [9.17, 15) is 9.90 Å².